The molecule has 1 aliphatic rings. The van der Waals surface area contributed by atoms with Crippen LogP contribution in [0.3, 0.4) is 0 Å². The van der Waals surface area contributed by atoms with Gasteiger partial charge in [0.2, 0.25) is 0 Å². The molecule has 4 heteroatoms. The maximum absolute atomic E-state index is 8.91. The number of aromatic nitrogens is 1. The second-order valence-corrected chi connectivity index (χ2v) is 3.52. The summed E-state index contributed by atoms with van der Waals surface area (Å²) < 4.78 is 5.61. The Bertz CT molecular complexity index is 299. The summed E-state index contributed by atoms with van der Waals surface area (Å²) in [6, 6.07) is 3.69. The highest BCUT2D eigenvalue weighted by atomic mass is 16.5. The number of hydrogen-bond donors (Lipinski definition) is 2. The third-order valence-electron chi connectivity index (χ3n) is 2.49. The summed E-state index contributed by atoms with van der Waals surface area (Å²) in [7, 11) is 0. The fourth-order valence-corrected chi connectivity index (χ4v) is 1.69. The number of hydrogen-bond acceptors (Lipinski definition) is 4. The lowest BCUT2D eigenvalue weighted by molar-refractivity contribution is 0.0109. The Morgan fingerprint density at radius 1 is 1.50 bits per heavy atom. The van der Waals surface area contributed by atoms with Gasteiger partial charge in [-0.1, -0.05) is 6.07 Å². The average Bonchev–Trinajstić information content (AvgIpc) is 2.67. The minimum absolute atomic E-state index is 0.0162. The van der Waals surface area contributed by atoms with Gasteiger partial charge in [-0.3, -0.25) is 0 Å². The van der Waals surface area contributed by atoms with Crippen molar-refractivity contribution in [3.8, 4) is 0 Å². The molecule has 3 N–H and O–H groups in total. The molecular weight excluding hydrogens is 180 g/mol. The van der Waals surface area contributed by atoms with E-state index in [9.17, 15) is 0 Å². The van der Waals surface area contributed by atoms with E-state index >= 15 is 0 Å². The molecule has 4 nitrogen and oxygen atoms in total. The average molecular weight is 194 g/mol. The van der Waals surface area contributed by atoms with Gasteiger partial charge in [-0.25, -0.2) is 4.98 Å². The molecule has 0 aliphatic carbocycles. The summed E-state index contributed by atoms with van der Waals surface area (Å²) in [6.45, 7) is 0.0961. The van der Waals surface area contributed by atoms with Crippen LogP contribution in [0.4, 0.5) is 5.82 Å². The van der Waals surface area contributed by atoms with E-state index in [2.05, 4.69) is 4.98 Å². The molecule has 1 aliphatic heterocycles. The summed E-state index contributed by atoms with van der Waals surface area (Å²) in [4.78, 5) is 4.01. The van der Waals surface area contributed by atoms with Crippen molar-refractivity contribution in [2.24, 2.45) is 0 Å². The van der Waals surface area contributed by atoms with Crippen LogP contribution >= 0.6 is 0 Å². The first-order chi connectivity index (χ1) is 6.79. The summed E-state index contributed by atoms with van der Waals surface area (Å²) in [5, 5.41) is 8.91. The van der Waals surface area contributed by atoms with Gasteiger partial charge < -0.3 is 15.6 Å². The number of nitrogen functional groups attached to an aromatic ring is 1. The van der Waals surface area contributed by atoms with Crippen molar-refractivity contribution in [2.75, 3.05) is 12.3 Å². The van der Waals surface area contributed by atoms with Crippen molar-refractivity contribution < 1.29 is 9.84 Å². The van der Waals surface area contributed by atoms with Gasteiger partial charge in [0.25, 0.3) is 0 Å². The zero-order chi connectivity index (χ0) is 9.97. The zero-order valence-corrected chi connectivity index (χ0v) is 7.89. The van der Waals surface area contributed by atoms with Gasteiger partial charge in [-0.15, -0.1) is 0 Å². The molecule has 2 unspecified atom stereocenters. The van der Waals surface area contributed by atoms with Crippen LogP contribution in [0, 0.1) is 0 Å². The summed E-state index contributed by atoms with van der Waals surface area (Å²) in [5.74, 6) is 0.519. The highest BCUT2D eigenvalue weighted by Gasteiger charge is 2.25. The summed E-state index contributed by atoms with van der Waals surface area (Å²) in [5.41, 5.74) is 6.52. The second kappa shape index (κ2) is 3.94. The van der Waals surface area contributed by atoms with Gasteiger partial charge in [0.05, 0.1) is 18.8 Å². The monoisotopic (exact) mass is 194 g/mol. The van der Waals surface area contributed by atoms with E-state index in [1.54, 1.807) is 12.3 Å². The number of ether oxygens (including phenoxy) is 1. The highest BCUT2D eigenvalue weighted by Crippen LogP contribution is 2.32. The molecule has 1 fully saturated rings. The molecule has 0 aromatic carbocycles. The van der Waals surface area contributed by atoms with Crippen molar-refractivity contribution in [3.05, 3.63) is 23.9 Å². The molecule has 2 rings (SSSR count). The lowest BCUT2D eigenvalue weighted by Gasteiger charge is -2.11. The van der Waals surface area contributed by atoms with E-state index < -0.39 is 0 Å². The van der Waals surface area contributed by atoms with Crippen molar-refractivity contribution in [1.29, 1.82) is 0 Å². The number of rotatable bonds is 2. The Kier molecular flexibility index (Phi) is 2.65. The Balaban J connectivity index is 2.06. The fraction of sp³-hybridized carbons (Fsp3) is 0.500. The first-order valence-corrected chi connectivity index (χ1v) is 4.77. The molecule has 0 saturated carbocycles. The van der Waals surface area contributed by atoms with E-state index in [0.717, 1.165) is 18.4 Å². The van der Waals surface area contributed by atoms with Crippen LogP contribution in [0.1, 0.15) is 24.5 Å². The van der Waals surface area contributed by atoms with Crippen molar-refractivity contribution >= 4 is 5.82 Å². The molecule has 1 aromatic rings. The van der Waals surface area contributed by atoms with Crippen LogP contribution in [0.5, 0.6) is 0 Å². The van der Waals surface area contributed by atoms with Crippen LogP contribution in [0.2, 0.25) is 0 Å². The molecule has 0 bridgehead atoms. The highest BCUT2D eigenvalue weighted by molar-refractivity contribution is 5.30. The first kappa shape index (κ1) is 9.43. The van der Waals surface area contributed by atoms with E-state index in [4.69, 9.17) is 15.6 Å². The Morgan fingerprint density at radius 2 is 2.36 bits per heavy atom. The van der Waals surface area contributed by atoms with Gasteiger partial charge in [-0.05, 0) is 24.5 Å². The van der Waals surface area contributed by atoms with Gasteiger partial charge >= 0.3 is 0 Å². The SMILES string of the molecule is Nc1ccc(C2CCC(CO)O2)cn1. The van der Waals surface area contributed by atoms with E-state index in [1.807, 2.05) is 6.07 Å². The standard InChI is InChI=1S/C10H14N2O2/c11-10-4-1-7(5-12-10)9-3-2-8(6-13)14-9/h1,4-5,8-9,13H,2-3,6H2,(H2,11,12). The molecule has 1 aromatic heterocycles. The predicted molar refractivity (Wildman–Crippen MR) is 52.6 cm³/mol. The number of aliphatic hydroxyl groups excluding tert-OH is 1. The molecule has 2 heterocycles. The summed E-state index contributed by atoms with van der Waals surface area (Å²) in [6.07, 6.45) is 3.64. The van der Waals surface area contributed by atoms with Gasteiger partial charge in [0, 0.05) is 6.20 Å². The van der Waals surface area contributed by atoms with Crippen molar-refractivity contribution in [1.82, 2.24) is 4.98 Å². The van der Waals surface area contributed by atoms with E-state index in [1.165, 1.54) is 0 Å². The quantitative estimate of drug-likeness (QED) is 0.733. The van der Waals surface area contributed by atoms with Crippen molar-refractivity contribution in [3.63, 3.8) is 0 Å². The molecule has 2 atom stereocenters. The normalized spacial score (nSPS) is 26.6. The number of nitrogens with zero attached hydrogens (tertiary/aromatic N) is 1. The molecule has 1 saturated heterocycles. The van der Waals surface area contributed by atoms with E-state index in [-0.39, 0.29) is 18.8 Å². The van der Waals surface area contributed by atoms with Crippen LogP contribution in [0.25, 0.3) is 0 Å². The minimum Gasteiger partial charge on any atom is -0.394 e. The zero-order valence-electron chi connectivity index (χ0n) is 7.89. The molecule has 14 heavy (non-hydrogen) atoms. The molecule has 76 valence electrons. The third-order valence-corrected chi connectivity index (χ3v) is 2.49. The van der Waals surface area contributed by atoms with Crippen LogP contribution in [-0.4, -0.2) is 22.8 Å². The van der Waals surface area contributed by atoms with Gasteiger partial charge in [0.15, 0.2) is 0 Å². The molecule has 0 amide bonds. The number of nitrogens with two attached hydrogens (primary N) is 1. The van der Waals surface area contributed by atoms with Crippen LogP contribution in [0.15, 0.2) is 18.3 Å². The molecule has 0 radical (unpaired) electrons. The smallest absolute Gasteiger partial charge is 0.123 e. The predicted octanol–water partition coefficient (Wildman–Crippen LogP) is 0.876. The van der Waals surface area contributed by atoms with Crippen LogP contribution in [-0.2, 0) is 4.74 Å². The van der Waals surface area contributed by atoms with Crippen LogP contribution < -0.4 is 5.73 Å². The first-order valence-electron chi connectivity index (χ1n) is 4.77. The van der Waals surface area contributed by atoms with Gasteiger partial charge in [-0.2, -0.15) is 0 Å². The maximum Gasteiger partial charge on any atom is 0.123 e. The topological polar surface area (TPSA) is 68.4 Å². The lowest BCUT2D eigenvalue weighted by atomic mass is 10.1. The lowest BCUT2D eigenvalue weighted by Crippen LogP contribution is -2.11. The molecular formula is C10H14N2O2. The number of anilines is 1. The fourth-order valence-electron chi connectivity index (χ4n) is 1.69. The Labute approximate surface area is 82.7 Å². The minimum atomic E-state index is -0.0162. The number of pyridine rings is 1. The van der Waals surface area contributed by atoms with E-state index in [0.29, 0.717) is 5.82 Å². The van der Waals surface area contributed by atoms with Gasteiger partial charge in [0.1, 0.15) is 5.82 Å². The Morgan fingerprint density at radius 3 is 2.93 bits per heavy atom. The summed E-state index contributed by atoms with van der Waals surface area (Å²) >= 11 is 0. The Hall–Kier alpha value is -1.13. The maximum atomic E-state index is 8.91. The van der Waals surface area contributed by atoms with Crippen molar-refractivity contribution in [2.45, 2.75) is 25.0 Å². The molecule has 0 spiro atoms. The second-order valence-electron chi connectivity index (χ2n) is 3.52. The third kappa shape index (κ3) is 1.86. The largest absolute Gasteiger partial charge is 0.394 e. The number of aliphatic hydroxyl groups is 1.